The van der Waals surface area contributed by atoms with Crippen LogP contribution in [-0.2, 0) is 10.2 Å². The fraction of sp³-hybridized carbons (Fsp3) is 0.650. The number of nitrogens with one attached hydrogen (secondary N) is 1. The molecule has 4 nitrogen and oxygen atoms in total. The van der Waals surface area contributed by atoms with Gasteiger partial charge in [-0.1, -0.05) is 38.1 Å². The van der Waals surface area contributed by atoms with Gasteiger partial charge in [-0.3, -0.25) is 4.99 Å². The molecule has 0 aromatic heterocycles. The molecule has 4 heteroatoms. The van der Waals surface area contributed by atoms with E-state index < -0.39 is 0 Å². The highest BCUT2D eigenvalue weighted by molar-refractivity contribution is 5.80. The maximum Gasteiger partial charge on any atom is 0.193 e. The van der Waals surface area contributed by atoms with Crippen molar-refractivity contribution in [1.82, 2.24) is 10.2 Å². The monoisotopic (exact) mass is 331 g/mol. The van der Waals surface area contributed by atoms with E-state index in [9.17, 15) is 0 Å². The van der Waals surface area contributed by atoms with Crippen LogP contribution in [0.3, 0.4) is 0 Å². The van der Waals surface area contributed by atoms with E-state index in [-0.39, 0.29) is 5.41 Å². The Kier molecular flexibility index (Phi) is 6.67. The van der Waals surface area contributed by atoms with Crippen molar-refractivity contribution in [3.63, 3.8) is 0 Å². The Morgan fingerprint density at radius 1 is 1.29 bits per heavy atom. The first-order valence-electron chi connectivity index (χ1n) is 9.11. The second kappa shape index (κ2) is 8.52. The largest absolute Gasteiger partial charge is 0.378 e. The van der Waals surface area contributed by atoms with E-state index in [0.717, 1.165) is 45.0 Å². The van der Waals surface area contributed by atoms with Crippen LogP contribution in [0.15, 0.2) is 29.3 Å². The van der Waals surface area contributed by atoms with Gasteiger partial charge in [-0.2, -0.15) is 0 Å². The van der Waals surface area contributed by atoms with Crippen molar-refractivity contribution < 1.29 is 4.74 Å². The lowest BCUT2D eigenvalue weighted by molar-refractivity contribution is 0.0263. The third kappa shape index (κ3) is 4.73. The molecule has 1 heterocycles. The molecule has 0 bridgehead atoms. The Balaban J connectivity index is 1.93. The van der Waals surface area contributed by atoms with E-state index in [2.05, 4.69) is 67.2 Å². The van der Waals surface area contributed by atoms with E-state index in [1.807, 2.05) is 7.05 Å². The van der Waals surface area contributed by atoms with Crippen molar-refractivity contribution in [3.8, 4) is 0 Å². The van der Waals surface area contributed by atoms with Gasteiger partial charge in [-0.05, 0) is 37.8 Å². The molecular weight excluding hydrogens is 298 g/mol. The molecule has 1 aliphatic rings. The van der Waals surface area contributed by atoms with Crippen molar-refractivity contribution in [2.24, 2.45) is 4.99 Å². The minimum absolute atomic E-state index is 0.0604. The van der Waals surface area contributed by atoms with E-state index in [4.69, 9.17) is 4.74 Å². The first-order valence-corrected chi connectivity index (χ1v) is 9.11. The number of hydrogen-bond donors (Lipinski definition) is 1. The minimum Gasteiger partial charge on any atom is -0.378 e. The van der Waals surface area contributed by atoms with Crippen LogP contribution in [-0.4, -0.2) is 50.3 Å². The van der Waals surface area contributed by atoms with Crippen LogP contribution in [0.1, 0.15) is 44.7 Å². The second-order valence-electron chi connectivity index (χ2n) is 7.24. The summed E-state index contributed by atoms with van der Waals surface area (Å²) in [5.74, 6) is 1.01. The maximum atomic E-state index is 5.74. The van der Waals surface area contributed by atoms with Gasteiger partial charge in [0.2, 0.25) is 0 Å². The molecule has 0 radical (unpaired) electrons. The average molecular weight is 332 g/mol. The molecule has 24 heavy (non-hydrogen) atoms. The zero-order chi connectivity index (χ0) is 17.6. The first-order chi connectivity index (χ1) is 11.5. The predicted molar refractivity (Wildman–Crippen MR) is 102 cm³/mol. The molecule has 1 saturated heterocycles. The third-order valence-corrected chi connectivity index (χ3v) is 4.92. The molecule has 134 valence electrons. The Labute approximate surface area is 147 Å². The minimum atomic E-state index is 0.0604. The van der Waals surface area contributed by atoms with E-state index in [1.54, 1.807) is 0 Å². The summed E-state index contributed by atoms with van der Waals surface area (Å²) in [6.07, 6.45) is 2.57. The van der Waals surface area contributed by atoms with Crippen LogP contribution >= 0.6 is 0 Å². The summed E-state index contributed by atoms with van der Waals surface area (Å²) >= 11 is 0. The third-order valence-electron chi connectivity index (χ3n) is 4.92. The SMILES string of the molecule is CCOC1CCN(C(=NC)NCC(C)(C)c2ccccc2C)CC1. The Bertz CT molecular complexity index is 546. The summed E-state index contributed by atoms with van der Waals surface area (Å²) in [6.45, 7) is 12.5. The average Bonchev–Trinajstić information content (AvgIpc) is 2.57. The number of likely N-dealkylation sites (tertiary alicyclic amines) is 1. The molecule has 0 amide bonds. The van der Waals surface area contributed by atoms with E-state index >= 15 is 0 Å². The van der Waals surface area contributed by atoms with Crippen LogP contribution in [0.4, 0.5) is 0 Å². The van der Waals surface area contributed by atoms with E-state index in [1.165, 1.54) is 11.1 Å². The highest BCUT2D eigenvalue weighted by atomic mass is 16.5. The van der Waals surface area contributed by atoms with Gasteiger partial charge in [-0.15, -0.1) is 0 Å². The lowest BCUT2D eigenvalue weighted by Gasteiger charge is -2.36. The number of aliphatic imine (C=N–C) groups is 1. The molecule has 1 N–H and O–H groups in total. The Hall–Kier alpha value is -1.55. The summed E-state index contributed by atoms with van der Waals surface area (Å²) in [6, 6.07) is 8.64. The van der Waals surface area contributed by atoms with Crippen LogP contribution in [0.25, 0.3) is 0 Å². The van der Waals surface area contributed by atoms with E-state index in [0.29, 0.717) is 6.10 Å². The van der Waals surface area contributed by atoms with Gasteiger partial charge in [0.05, 0.1) is 6.10 Å². The van der Waals surface area contributed by atoms with Crippen molar-refractivity contribution in [1.29, 1.82) is 0 Å². The van der Waals surface area contributed by atoms with Crippen molar-refractivity contribution in [2.75, 3.05) is 33.3 Å². The quantitative estimate of drug-likeness (QED) is 0.664. The zero-order valence-corrected chi connectivity index (χ0v) is 15.9. The van der Waals surface area contributed by atoms with Crippen LogP contribution in [0, 0.1) is 6.92 Å². The summed E-state index contributed by atoms with van der Waals surface area (Å²) in [5.41, 5.74) is 2.80. The van der Waals surface area contributed by atoms with Crippen molar-refractivity contribution in [2.45, 2.75) is 52.1 Å². The maximum absolute atomic E-state index is 5.74. The van der Waals surface area contributed by atoms with Crippen molar-refractivity contribution >= 4 is 5.96 Å². The van der Waals surface area contributed by atoms with Gasteiger partial charge in [0, 0.05) is 38.7 Å². The number of piperidine rings is 1. The number of benzene rings is 1. The van der Waals surface area contributed by atoms with Crippen LogP contribution in [0.2, 0.25) is 0 Å². The molecule has 0 saturated carbocycles. The molecule has 1 fully saturated rings. The molecule has 0 atom stereocenters. The second-order valence-corrected chi connectivity index (χ2v) is 7.24. The molecule has 0 aliphatic carbocycles. The molecular formula is C20H33N3O. The summed E-state index contributed by atoms with van der Waals surface area (Å²) in [7, 11) is 1.87. The standard InChI is InChI=1S/C20H33N3O/c1-6-24-17-11-13-23(14-12-17)19(21-5)22-15-20(3,4)18-10-8-7-9-16(18)2/h7-10,17H,6,11-15H2,1-5H3,(H,21,22). The Morgan fingerprint density at radius 3 is 2.54 bits per heavy atom. The molecule has 0 spiro atoms. The normalized spacial score (nSPS) is 17.2. The summed E-state index contributed by atoms with van der Waals surface area (Å²) < 4.78 is 5.74. The number of hydrogen-bond acceptors (Lipinski definition) is 2. The predicted octanol–water partition coefficient (Wildman–Crippen LogP) is 3.35. The van der Waals surface area contributed by atoms with Gasteiger partial charge in [0.25, 0.3) is 0 Å². The zero-order valence-electron chi connectivity index (χ0n) is 15.9. The fourth-order valence-electron chi connectivity index (χ4n) is 3.53. The highest BCUT2D eigenvalue weighted by Crippen LogP contribution is 2.25. The first kappa shape index (κ1) is 18.8. The lowest BCUT2D eigenvalue weighted by Crippen LogP contribution is -2.49. The molecule has 1 aliphatic heterocycles. The number of ether oxygens (including phenoxy) is 1. The smallest absolute Gasteiger partial charge is 0.193 e. The number of nitrogens with zero attached hydrogens (tertiary/aromatic N) is 2. The number of aryl methyl sites for hydroxylation is 1. The van der Waals surface area contributed by atoms with Gasteiger partial charge < -0.3 is 15.0 Å². The number of guanidine groups is 1. The van der Waals surface area contributed by atoms with Gasteiger partial charge in [0.1, 0.15) is 0 Å². The topological polar surface area (TPSA) is 36.9 Å². The number of rotatable bonds is 5. The summed E-state index contributed by atoms with van der Waals surface area (Å²) in [5, 5.41) is 3.59. The fourth-order valence-corrected chi connectivity index (χ4v) is 3.53. The highest BCUT2D eigenvalue weighted by Gasteiger charge is 2.25. The Morgan fingerprint density at radius 2 is 1.96 bits per heavy atom. The molecule has 1 aromatic carbocycles. The van der Waals surface area contributed by atoms with Crippen molar-refractivity contribution in [3.05, 3.63) is 35.4 Å². The van der Waals surface area contributed by atoms with Gasteiger partial charge in [0.15, 0.2) is 5.96 Å². The molecule has 0 unspecified atom stereocenters. The lowest BCUT2D eigenvalue weighted by atomic mass is 9.82. The summed E-state index contributed by atoms with van der Waals surface area (Å²) in [4.78, 5) is 6.84. The van der Waals surface area contributed by atoms with Gasteiger partial charge >= 0.3 is 0 Å². The van der Waals surface area contributed by atoms with Crippen LogP contribution < -0.4 is 5.32 Å². The van der Waals surface area contributed by atoms with Gasteiger partial charge in [-0.25, -0.2) is 0 Å². The van der Waals surface area contributed by atoms with Crippen LogP contribution in [0.5, 0.6) is 0 Å². The molecule has 1 aromatic rings. The molecule has 2 rings (SSSR count).